The van der Waals surface area contributed by atoms with Crippen molar-refractivity contribution in [3.05, 3.63) is 59.1 Å². The van der Waals surface area contributed by atoms with Crippen molar-refractivity contribution in [3.63, 3.8) is 0 Å². The molecule has 2 aromatic rings. The monoisotopic (exact) mass is 397 g/mol. The summed E-state index contributed by atoms with van der Waals surface area (Å²) in [4.78, 5) is 11.7. The molecule has 0 aliphatic heterocycles. The number of carbonyl (C=O) groups is 1. The molecule has 2 aromatic carbocycles. The Hall–Kier alpha value is -2.09. The van der Waals surface area contributed by atoms with E-state index in [4.69, 9.17) is 16.3 Å². The number of likely N-dealkylation sites (N-methyl/N-ethyl adjacent to an activating group) is 1. The summed E-state index contributed by atoms with van der Waals surface area (Å²) in [5.41, 5.74) is 0.694. The molecule has 0 fully saturated rings. The van der Waals surface area contributed by atoms with Crippen molar-refractivity contribution in [1.29, 1.82) is 0 Å². The van der Waals surface area contributed by atoms with E-state index in [9.17, 15) is 18.3 Å². The molecule has 0 radical (unpaired) electrons. The number of halogens is 1. The number of ether oxygens (including phenoxy) is 1. The zero-order valence-electron chi connectivity index (χ0n) is 14.4. The molecule has 0 amide bonds. The van der Waals surface area contributed by atoms with Gasteiger partial charge in [0.2, 0.25) is 10.0 Å². The third kappa shape index (κ3) is 4.75. The fraction of sp³-hybridized carbons (Fsp3) is 0.278. The average Bonchev–Trinajstić information content (AvgIpc) is 2.61. The van der Waals surface area contributed by atoms with Gasteiger partial charge in [0.15, 0.2) is 0 Å². The number of rotatable bonds is 8. The van der Waals surface area contributed by atoms with Gasteiger partial charge in [-0.3, -0.25) is 4.79 Å². The first-order chi connectivity index (χ1) is 12.3. The summed E-state index contributed by atoms with van der Waals surface area (Å²) in [6, 6.07) is 11.3. The molecule has 8 heteroatoms. The van der Waals surface area contributed by atoms with E-state index in [1.54, 1.807) is 24.3 Å². The van der Waals surface area contributed by atoms with Crippen LogP contribution in [0.15, 0.2) is 53.4 Å². The first-order valence-corrected chi connectivity index (χ1v) is 9.75. The van der Waals surface area contributed by atoms with Gasteiger partial charge in [-0.1, -0.05) is 23.7 Å². The van der Waals surface area contributed by atoms with Crippen LogP contribution < -0.4 is 4.74 Å². The van der Waals surface area contributed by atoms with Gasteiger partial charge in [0, 0.05) is 12.1 Å². The first kappa shape index (κ1) is 20.2. The van der Waals surface area contributed by atoms with Gasteiger partial charge in [-0.15, -0.1) is 0 Å². The molecule has 0 aromatic heterocycles. The van der Waals surface area contributed by atoms with Crippen molar-refractivity contribution < 1.29 is 23.1 Å². The molecular formula is C18H20ClNO5S. The molecule has 0 aliphatic rings. The van der Waals surface area contributed by atoms with Gasteiger partial charge < -0.3 is 9.84 Å². The Morgan fingerprint density at radius 1 is 1.15 bits per heavy atom. The number of benzene rings is 2. The zero-order valence-corrected chi connectivity index (χ0v) is 16.0. The van der Waals surface area contributed by atoms with Gasteiger partial charge >= 0.3 is 5.97 Å². The lowest BCUT2D eigenvalue weighted by Crippen LogP contribution is -2.43. The largest absolute Gasteiger partial charge is 0.494 e. The van der Waals surface area contributed by atoms with Crippen LogP contribution in [0.2, 0.25) is 5.02 Å². The van der Waals surface area contributed by atoms with E-state index >= 15 is 0 Å². The third-order valence-electron chi connectivity index (χ3n) is 3.88. The number of nitrogens with zero attached hydrogens (tertiary/aromatic N) is 1. The van der Waals surface area contributed by atoms with Gasteiger partial charge in [0.05, 0.1) is 11.5 Å². The summed E-state index contributed by atoms with van der Waals surface area (Å²) in [6.07, 6.45) is 0.0328. The Kier molecular flexibility index (Phi) is 6.63. The zero-order chi connectivity index (χ0) is 19.3. The molecule has 0 spiro atoms. The molecule has 0 saturated heterocycles. The highest BCUT2D eigenvalue weighted by Gasteiger charge is 2.32. The highest BCUT2D eigenvalue weighted by Crippen LogP contribution is 2.22. The van der Waals surface area contributed by atoms with Crippen LogP contribution >= 0.6 is 11.6 Å². The molecule has 1 N–H and O–H groups in total. The van der Waals surface area contributed by atoms with E-state index in [-0.39, 0.29) is 11.3 Å². The lowest BCUT2D eigenvalue weighted by molar-refractivity contribution is -0.141. The summed E-state index contributed by atoms with van der Waals surface area (Å²) in [7, 11) is -2.71. The van der Waals surface area contributed by atoms with Gasteiger partial charge in [-0.2, -0.15) is 4.31 Å². The molecule has 1 atom stereocenters. The summed E-state index contributed by atoms with van der Waals surface area (Å²) < 4.78 is 31.7. The fourth-order valence-corrected chi connectivity index (χ4v) is 3.86. The van der Waals surface area contributed by atoms with E-state index in [2.05, 4.69) is 0 Å². The summed E-state index contributed by atoms with van der Waals surface area (Å²) in [6.45, 7) is 2.39. The van der Waals surface area contributed by atoms with Crippen molar-refractivity contribution in [2.45, 2.75) is 24.3 Å². The standard InChI is InChI=1S/C18H20ClNO5S/c1-3-25-15-8-4-13(5-9-15)12-17(18(21)22)20(2)26(23,24)16-10-6-14(19)7-11-16/h4-11,17H,3,12H2,1-2H3,(H,21,22). The minimum Gasteiger partial charge on any atom is -0.494 e. The fourth-order valence-electron chi connectivity index (χ4n) is 2.42. The van der Waals surface area contributed by atoms with Crippen LogP contribution in [-0.2, 0) is 21.2 Å². The molecule has 2 rings (SSSR count). The molecule has 0 heterocycles. The maximum absolute atomic E-state index is 12.7. The van der Waals surface area contributed by atoms with Crippen LogP contribution in [0.25, 0.3) is 0 Å². The summed E-state index contributed by atoms with van der Waals surface area (Å²) in [5, 5.41) is 9.95. The van der Waals surface area contributed by atoms with Crippen molar-refractivity contribution in [2.75, 3.05) is 13.7 Å². The highest BCUT2D eigenvalue weighted by molar-refractivity contribution is 7.89. The summed E-state index contributed by atoms with van der Waals surface area (Å²) in [5.74, 6) is -0.552. The molecule has 0 aliphatic carbocycles. The minimum absolute atomic E-state index is 0.0117. The quantitative estimate of drug-likeness (QED) is 0.740. The predicted octanol–water partition coefficient (Wildman–Crippen LogP) is 3.06. The minimum atomic E-state index is -3.97. The van der Waals surface area contributed by atoms with E-state index < -0.39 is 22.0 Å². The molecule has 6 nitrogen and oxygen atoms in total. The van der Waals surface area contributed by atoms with Crippen LogP contribution in [-0.4, -0.2) is 43.5 Å². The normalized spacial score (nSPS) is 12.8. The Morgan fingerprint density at radius 3 is 2.23 bits per heavy atom. The lowest BCUT2D eigenvalue weighted by Gasteiger charge is -2.24. The average molecular weight is 398 g/mol. The molecular weight excluding hydrogens is 378 g/mol. The van der Waals surface area contributed by atoms with E-state index in [0.717, 1.165) is 4.31 Å². The van der Waals surface area contributed by atoms with Crippen LogP contribution in [0.4, 0.5) is 0 Å². The topological polar surface area (TPSA) is 83.9 Å². The lowest BCUT2D eigenvalue weighted by atomic mass is 10.1. The number of hydrogen-bond acceptors (Lipinski definition) is 4. The van der Waals surface area contributed by atoms with Crippen molar-refractivity contribution in [1.82, 2.24) is 4.31 Å². The maximum Gasteiger partial charge on any atom is 0.322 e. The Morgan fingerprint density at radius 2 is 1.73 bits per heavy atom. The van der Waals surface area contributed by atoms with Crippen LogP contribution in [0, 0.1) is 0 Å². The van der Waals surface area contributed by atoms with Crippen molar-refractivity contribution in [2.24, 2.45) is 0 Å². The second-order valence-electron chi connectivity index (χ2n) is 5.61. The Bertz CT molecular complexity index is 850. The van der Waals surface area contributed by atoms with Crippen molar-refractivity contribution in [3.8, 4) is 5.75 Å². The van der Waals surface area contributed by atoms with Gasteiger partial charge in [0.1, 0.15) is 11.8 Å². The van der Waals surface area contributed by atoms with E-state index in [1.165, 1.54) is 31.3 Å². The number of carboxylic acid groups (broad SMARTS) is 1. The van der Waals surface area contributed by atoms with E-state index in [0.29, 0.717) is 22.9 Å². The van der Waals surface area contributed by atoms with Gasteiger partial charge in [0.25, 0.3) is 0 Å². The predicted molar refractivity (Wildman–Crippen MR) is 99.1 cm³/mol. The Labute approximate surface area is 158 Å². The molecule has 140 valence electrons. The second-order valence-corrected chi connectivity index (χ2v) is 8.04. The SMILES string of the molecule is CCOc1ccc(CC(C(=O)O)N(C)S(=O)(=O)c2ccc(Cl)cc2)cc1. The number of aliphatic carboxylic acids is 1. The Balaban J connectivity index is 2.25. The maximum atomic E-state index is 12.7. The highest BCUT2D eigenvalue weighted by atomic mass is 35.5. The smallest absolute Gasteiger partial charge is 0.322 e. The van der Waals surface area contributed by atoms with E-state index in [1.807, 2.05) is 6.92 Å². The van der Waals surface area contributed by atoms with Crippen LogP contribution in [0.3, 0.4) is 0 Å². The molecule has 1 unspecified atom stereocenters. The van der Waals surface area contributed by atoms with Crippen LogP contribution in [0.5, 0.6) is 5.75 Å². The molecule has 0 saturated carbocycles. The number of hydrogen-bond donors (Lipinski definition) is 1. The van der Waals surface area contributed by atoms with Crippen LogP contribution in [0.1, 0.15) is 12.5 Å². The molecule has 0 bridgehead atoms. The van der Waals surface area contributed by atoms with Gasteiger partial charge in [-0.25, -0.2) is 8.42 Å². The third-order valence-corrected chi connectivity index (χ3v) is 6.01. The van der Waals surface area contributed by atoms with Crippen molar-refractivity contribution >= 4 is 27.6 Å². The number of carboxylic acids is 1. The van der Waals surface area contributed by atoms with Gasteiger partial charge in [-0.05, 0) is 55.3 Å². The first-order valence-electron chi connectivity index (χ1n) is 7.94. The second kappa shape index (κ2) is 8.53. The number of sulfonamides is 1. The summed E-state index contributed by atoms with van der Waals surface area (Å²) >= 11 is 5.78. The molecule has 26 heavy (non-hydrogen) atoms.